The fraction of sp³-hybridized carbons (Fsp3) is 0.429. The summed E-state index contributed by atoms with van der Waals surface area (Å²) in [6, 6.07) is 0. The van der Waals surface area contributed by atoms with Crippen LogP contribution in [0.5, 0.6) is 0 Å². The Balaban J connectivity index is 4.32. The summed E-state index contributed by atoms with van der Waals surface area (Å²) in [6.07, 6.45) is -1.43. The van der Waals surface area contributed by atoms with E-state index in [2.05, 4.69) is 9.78 Å². The van der Waals surface area contributed by atoms with Crippen molar-refractivity contribution in [2.24, 2.45) is 5.92 Å². The van der Waals surface area contributed by atoms with Crippen molar-refractivity contribution in [3.63, 3.8) is 0 Å². The lowest BCUT2D eigenvalue weighted by Gasteiger charge is -2.08. The summed E-state index contributed by atoms with van der Waals surface area (Å²) in [4.78, 5) is 48.5. The van der Waals surface area contributed by atoms with Crippen molar-refractivity contribution in [1.29, 1.82) is 0 Å². The first kappa shape index (κ1) is 12.9. The highest BCUT2D eigenvalue weighted by Crippen LogP contribution is 2.11. The van der Waals surface area contributed by atoms with Gasteiger partial charge in [-0.15, -0.1) is 0 Å². The molecule has 2 N–H and O–H groups in total. The van der Waals surface area contributed by atoms with Crippen LogP contribution >= 0.6 is 0 Å². The number of rotatable bonds is 7. The molecule has 0 rings (SSSR count). The van der Waals surface area contributed by atoms with E-state index in [4.69, 9.17) is 10.2 Å². The fourth-order valence-electron chi connectivity index (χ4n) is 0.796. The van der Waals surface area contributed by atoms with Crippen LogP contribution in [-0.4, -0.2) is 34.6 Å². The van der Waals surface area contributed by atoms with Crippen molar-refractivity contribution in [1.82, 2.24) is 0 Å². The fourth-order valence-corrected chi connectivity index (χ4v) is 0.796. The summed E-state index contributed by atoms with van der Waals surface area (Å²) < 4.78 is 0. The lowest BCUT2D eigenvalue weighted by Crippen LogP contribution is -2.23. The van der Waals surface area contributed by atoms with E-state index in [0.717, 1.165) is 0 Å². The minimum Gasteiger partial charge on any atom is -0.481 e. The molecular formula is C7H8O8. The van der Waals surface area contributed by atoms with Gasteiger partial charge in [-0.25, -0.2) is 9.68 Å². The maximum Gasteiger partial charge on any atom is 0.359 e. The Kier molecular flexibility index (Phi) is 5.45. The molecule has 0 saturated heterocycles. The highest BCUT2D eigenvalue weighted by atomic mass is 17.2. The largest absolute Gasteiger partial charge is 0.481 e. The molecule has 0 spiro atoms. The number of carbonyl (C=O) groups excluding carboxylic acids is 2. The molecule has 0 atom stereocenters. The number of hydrogen-bond donors (Lipinski definition) is 2. The van der Waals surface area contributed by atoms with E-state index in [1.807, 2.05) is 0 Å². The first-order valence-electron chi connectivity index (χ1n) is 3.71. The zero-order chi connectivity index (χ0) is 11.8. The molecule has 84 valence electrons. The highest BCUT2D eigenvalue weighted by Gasteiger charge is 2.27. The summed E-state index contributed by atoms with van der Waals surface area (Å²) in [5.74, 6) is -5.32. The second-order valence-corrected chi connectivity index (χ2v) is 2.49. The van der Waals surface area contributed by atoms with Crippen LogP contribution in [0.25, 0.3) is 0 Å². The van der Waals surface area contributed by atoms with Crippen molar-refractivity contribution >= 4 is 24.4 Å². The van der Waals surface area contributed by atoms with Gasteiger partial charge in [0.2, 0.25) is 0 Å². The number of carbonyl (C=O) groups is 4. The van der Waals surface area contributed by atoms with Gasteiger partial charge in [0.05, 0.1) is 18.8 Å². The zero-order valence-corrected chi connectivity index (χ0v) is 7.41. The molecule has 0 unspecified atom stereocenters. The second kappa shape index (κ2) is 6.35. The Hall–Kier alpha value is -2.12. The van der Waals surface area contributed by atoms with Crippen LogP contribution in [-0.2, 0) is 29.0 Å². The Morgan fingerprint density at radius 2 is 1.60 bits per heavy atom. The smallest absolute Gasteiger partial charge is 0.359 e. The van der Waals surface area contributed by atoms with E-state index in [9.17, 15) is 19.2 Å². The van der Waals surface area contributed by atoms with Crippen LogP contribution in [0, 0.1) is 5.92 Å². The molecule has 0 bridgehead atoms. The number of hydrogen-bond acceptors (Lipinski definition) is 6. The normalized spacial score (nSPS) is 9.40. The summed E-state index contributed by atoms with van der Waals surface area (Å²) in [7, 11) is 0. The van der Waals surface area contributed by atoms with Crippen LogP contribution in [0.3, 0.4) is 0 Å². The van der Waals surface area contributed by atoms with Crippen molar-refractivity contribution in [2.75, 3.05) is 0 Å². The third-order valence-corrected chi connectivity index (χ3v) is 1.34. The summed E-state index contributed by atoms with van der Waals surface area (Å²) in [6.45, 7) is -0.184. The van der Waals surface area contributed by atoms with Crippen molar-refractivity contribution < 1.29 is 39.2 Å². The Labute approximate surface area is 83.3 Å². The van der Waals surface area contributed by atoms with E-state index in [1.165, 1.54) is 0 Å². The first-order chi connectivity index (χ1) is 6.97. The molecule has 8 nitrogen and oxygen atoms in total. The van der Waals surface area contributed by atoms with Gasteiger partial charge in [0.1, 0.15) is 0 Å². The van der Waals surface area contributed by atoms with Gasteiger partial charge in [0.15, 0.2) is 0 Å². The van der Waals surface area contributed by atoms with Gasteiger partial charge in [-0.3, -0.25) is 19.3 Å². The molecule has 15 heavy (non-hydrogen) atoms. The molecule has 0 aliphatic carbocycles. The maximum atomic E-state index is 10.9. The first-order valence-corrected chi connectivity index (χ1v) is 3.71. The minimum atomic E-state index is -1.39. The topological polar surface area (TPSA) is 127 Å². The Morgan fingerprint density at radius 1 is 1.13 bits per heavy atom. The van der Waals surface area contributed by atoms with Crippen LogP contribution in [0.1, 0.15) is 12.8 Å². The minimum absolute atomic E-state index is 0.184. The average Bonchev–Trinajstić information content (AvgIpc) is 2.11. The van der Waals surface area contributed by atoms with E-state index >= 15 is 0 Å². The van der Waals surface area contributed by atoms with Crippen LogP contribution in [0.2, 0.25) is 0 Å². The number of carboxylic acids is 2. The molecule has 0 aliphatic heterocycles. The van der Waals surface area contributed by atoms with Gasteiger partial charge in [-0.05, 0) is 0 Å². The molecule has 8 heteroatoms. The van der Waals surface area contributed by atoms with E-state index in [1.54, 1.807) is 0 Å². The molecule has 0 fully saturated rings. The predicted molar refractivity (Wildman–Crippen MR) is 41.2 cm³/mol. The molecule has 0 saturated carbocycles. The molecule has 0 aromatic rings. The Morgan fingerprint density at radius 3 is 1.93 bits per heavy atom. The van der Waals surface area contributed by atoms with Crippen LogP contribution in [0.4, 0.5) is 0 Å². The molecule has 0 aliphatic rings. The molecule has 0 amide bonds. The highest BCUT2D eigenvalue weighted by molar-refractivity contribution is 5.83. The average molecular weight is 220 g/mol. The summed E-state index contributed by atoms with van der Waals surface area (Å²) in [5, 5.41) is 16.7. The number of aliphatic carboxylic acids is 2. The molecule has 0 aromatic carbocycles. The van der Waals surface area contributed by atoms with Gasteiger partial charge in [-0.2, -0.15) is 0 Å². The van der Waals surface area contributed by atoms with Crippen LogP contribution < -0.4 is 0 Å². The molecule has 0 aromatic heterocycles. The van der Waals surface area contributed by atoms with Gasteiger partial charge in [0, 0.05) is 0 Å². The van der Waals surface area contributed by atoms with E-state index in [-0.39, 0.29) is 6.47 Å². The van der Waals surface area contributed by atoms with Gasteiger partial charge >= 0.3 is 24.4 Å². The standard InChI is InChI=1S/C7H8O8/c8-3-14-15-7(13)4(1-5(9)10)2-6(11)12/h3-4H,1-2H2,(H,9,10)(H,11,12). The molecular weight excluding hydrogens is 212 g/mol. The molecule has 0 radical (unpaired) electrons. The van der Waals surface area contributed by atoms with Crippen molar-refractivity contribution in [2.45, 2.75) is 12.8 Å². The van der Waals surface area contributed by atoms with E-state index in [0.29, 0.717) is 0 Å². The summed E-state index contributed by atoms with van der Waals surface area (Å²) >= 11 is 0. The van der Waals surface area contributed by atoms with Crippen molar-refractivity contribution in [3.8, 4) is 0 Å². The zero-order valence-electron chi connectivity index (χ0n) is 7.41. The van der Waals surface area contributed by atoms with Gasteiger partial charge in [-0.1, -0.05) is 0 Å². The Bertz CT molecular complexity index is 254. The molecule has 0 heterocycles. The second-order valence-electron chi connectivity index (χ2n) is 2.49. The SMILES string of the molecule is O=COOC(=O)C(CC(=O)O)CC(=O)O. The lowest BCUT2D eigenvalue weighted by molar-refractivity contribution is -0.252. The quantitative estimate of drug-likeness (QED) is 0.323. The third kappa shape index (κ3) is 6.02. The predicted octanol–water partition coefficient (Wildman–Crippen LogP) is -0.817. The maximum absolute atomic E-state index is 10.9. The van der Waals surface area contributed by atoms with Gasteiger partial charge in [0.25, 0.3) is 0 Å². The lowest BCUT2D eigenvalue weighted by atomic mass is 10.0. The monoisotopic (exact) mass is 220 g/mol. The van der Waals surface area contributed by atoms with Crippen molar-refractivity contribution in [3.05, 3.63) is 0 Å². The summed E-state index contributed by atoms with van der Waals surface area (Å²) in [5.41, 5.74) is 0. The number of carboxylic acid groups (broad SMARTS) is 2. The third-order valence-electron chi connectivity index (χ3n) is 1.34. The van der Waals surface area contributed by atoms with Gasteiger partial charge < -0.3 is 10.2 Å². The van der Waals surface area contributed by atoms with Crippen LogP contribution in [0.15, 0.2) is 0 Å². The van der Waals surface area contributed by atoms with E-state index < -0.39 is 36.7 Å².